The van der Waals surface area contributed by atoms with E-state index in [1.807, 2.05) is 0 Å². The minimum atomic E-state index is -1.18. The Balaban J connectivity index is 1.93. The third-order valence-electron chi connectivity index (χ3n) is 5.21. The van der Waals surface area contributed by atoms with Crippen LogP contribution < -0.4 is 5.19 Å². The molecule has 23 heavy (non-hydrogen) atoms. The van der Waals surface area contributed by atoms with E-state index < -0.39 is 8.07 Å². The van der Waals surface area contributed by atoms with Gasteiger partial charge in [-0.3, -0.25) is 0 Å². The van der Waals surface area contributed by atoms with Gasteiger partial charge in [0.2, 0.25) is 0 Å². The van der Waals surface area contributed by atoms with Crippen molar-refractivity contribution in [3.05, 3.63) is 30.3 Å². The Morgan fingerprint density at radius 3 is 1.52 bits per heavy atom. The summed E-state index contributed by atoms with van der Waals surface area (Å²) in [6.45, 7) is 7.35. The van der Waals surface area contributed by atoms with E-state index >= 15 is 0 Å². The second-order valence-electron chi connectivity index (χ2n) is 7.89. The summed E-state index contributed by atoms with van der Waals surface area (Å²) in [7, 11) is -1.18. The second-order valence-corrected chi connectivity index (χ2v) is 12.7. The van der Waals surface area contributed by atoms with Gasteiger partial charge in [-0.2, -0.15) is 0 Å². The van der Waals surface area contributed by atoms with E-state index in [2.05, 4.69) is 50.3 Å². The molecule has 0 aliphatic carbocycles. The zero-order chi connectivity index (χ0) is 16.8. The van der Waals surface area contributed by atoms with Gasteiger partial charge in [0, 0.05) is 0 Å². The largest absolute Gasteiger partial charge is 0.0806 e. The highest BCUT2D eigenvalue weighted by atomic mass is 28.3. The fourth-order valence-electron chi connectivity index (χ4n) is 3.44. The van der Waals surface area contributed by atoms with E-state index in [4.69, 9.17) is 0 Å². The summed E-state index contributed by atoms with van der Waals surface area (Å²) in [4.78, 5) is 0. The van der Waals surface area contributed by atoms with Crippen LogP contribution >= 0.6 is 0 Å². The average molecular weight is 333 g/mol. The highest BCUT2D eigenvalue weighted by Crippen LogP contribution is 2.17. The molecule has 0 aliphatic rings. The molecular formula is C22H40Si. The van der Waals surface area contributed by atoms with Crippen molar-refractivity contribution in [3.63, 3.8) is 0 Å². The zero-order valence-corrected chi connectivity index (χ0v) is 17.1. The van der Waals surface area contributed by atoms with Gasteiger partial charge in [-0.05, 0) is 0 Å². The van der Waals surface area contributed by atoms with Crippen LogP contribution in [0.3, 0.4) is 0 Å². The number of hydrogen-bond donors (Lipinski definition) is 0. The lowest BCUT2D eigenvalue weighted by atomic mass is 10.1. The fourth-order valence-corrected chi connectivity index (χ4v) is 5.96. The molecular weight excluding hydrogens is 292 g/mol. The summed E-state index contributed by atoms with van der Waals surface area (Å²) in [6, 6.07) is 12.7. The number of rotatable bonds is 14. The van der Waals surface area contributed by atoms with Gasteiger partial charge in [-0.25, -0.2) is 0 Å². The van der Waals surface area contributed by atoms with Gasteiger partial charge in [0.1, 0.15) is 0 Å². The van der Waals surface area contributed by atoms with Crippen LogP contribution in [0.2, 0.25) is 19.1 Å². The van der Waals surface area contributed by atoms with E-state index in [0.29, 0.717) is 0 Å². The van der Waals surface area contributed by atoms with Gasteiger partial charge in [0.25, 0.3) is 0 Å². The molecule has 0 heterocycles. The van der Waals surface area contributed by atoms with Crippen LogP contribution in [0.15, 0.2) is 30.3 Å². The van der Waals surface area contributed by atoms with Crippen molar-refractivity contribution in [2.45, 2.75) is 103 Å². The highest BCUT2D eigenvalue weighted by Gasteiger charge is 2.21. The first-order chi connectivity index (χ1) is 11.2. The number of hydrogen-bond acceptors (Lipinski definition) is 0. The Morgan fingerprint density at radius 2 is 1.04 bits per heavy atom. The van der Waals surface area contributed by atoms with Gasteiger partial charge in [-0.1, -0.05) is 139 Å². The maximum absolute atomic E-state index is 2.53. The van der Waals surface area contributed by atoms with E-state index in [1.165, 1.54) is 83.1 Å². The van der Waals surface area contributed by atoms with Crippen LogP contribution in [-0.2, 0) is 0 Å². The Labute approximate surface area is 147 Å². The lowest BCUT2D eigenvalue weighted by Gasteiger charge is -2.22. The summed E-state index contributed by atoms with van der Waals surface area (Å²) >= 11 is 0. The molecule has 0 spiro atoms. The highest BCUT2D eigenvalue weighted by molar-refractivity contribution is 6.89. The molecule has 0 unspecified atom stereocenters. The third kappa shape index (κ3) is 10.0. The van der Waals surface area contributed by atoms with Gasteiger partial charge in [-0.15, -0.1) is 0 Å². The fraction of sp³-hybridized carbons (Fsp3) is 0.727. The van der Waals surface area contributed by atoms with Crippen molar-refractivity contribution in [1.29, 1.82) is 0 Å². The molecule has 0 aromatic heterocycles. The maximum atomic E-state index is 2.53. The molecule has 1 aromatic carbocycles. The van der Waals surface area contributed by atoms with E-state index in [0.717, 1.165) is 0 Å². The monoisotopic (exact) mass is 332 g/mol. The molecule has 132 valence electrons. The average Bonchev–Trinajstić information content (AvgIpc) is 2.56. The van der Waals surface area contributed by atoms with Crippen LogP contribution in [0.5, 0.6) is 0 Å². The summed E-state index contributed by atoms with van der Waals surface area (Å²) < 4.78 is 0. The first-order valence-electron chi connectivity index (χ1n) is 10.2. The minimum absolute atomic E-state index is 1.18. The number of benzene rings is 1. The maximum Gasteiger partial charge on any atom is 0.0806 e. The van der Waals surface area contributed by atoms with Crippen molar-refractivity contribution in [2.75, 3.05) is 0 Å². The van der Waals surface area contributed by atoms with Crippen molar-refractivity contribution in [1.82, 2.24) is 0 Å². The van der Waals surface area contributed by atoms with Crippen molar-refractivity contribution < 1.29 is 0 Å². The predicted octanol–water partition coefficient (Wildman–Crippen LogP) is 7.30. The van der Waals surface area contributed by atoms with Crippen molar-refractivity contribution >= 4 is 13.3 Å². The molecule has 0 saturated carbocycles. The first-order valence-corrected chi connectivity index (χ1v) is 13.4. The van der Waals surface area contributed by atoms with E-state index in [9.17, 15) is 0 Å². The predicted molar refractivity (Wildman–Crippen MR) is 109 cm³/mol. The molecule has 0 saturated heterocycles. The normalized spacial score (nSPS) is 11.8. The van der Waals surface area contributed by atoms with Gasteiger partial charge in [0.05, 0.1) is 8.07 Å². The molecule has 0 bridgehead atoms. The van der Waals surface area contributed by atoms with E-state index in [1.54, 1.807) is 5.19 Å². The summed E-state index contributed by atoms with van der Waals surface area (Å²) in [5, 5.41) is 1.63. The molecule has 0 fully saturated rings. The van der Waals surface area contributed by atoms with Crippen molar-refractivity contribution in [3.8, 4) is 0 Å². The third-order valence-corrected chi connectivity index (χ3v) is 8.71. The summed E-state index contributed by atoms with van der Waals surface area (Å²) in [6.07, 6.45) is 17.4. The van der Waals surface area contributed by atoms with Gasteiger partial charge >= 0.3 is 0 Å². The molecule has 0 N–H and O–H groups in total. The Morgan fingerprint density at radius 1 is 0.609 bits per heavy atom. The van der Waals surface area contributed by atoms with Crippen LogP contribution in [-0.4, -0.2) is 8.07 Å². The minimum Gasteiger partial charge on any atom is -0.0654 e. The number of unbranched alkanes of at least 4 members (excludes halogenated alkanes) is 11. The lowest BCUT2D eigenvalue weighted by molar-refractivity contribution is 0.547. The molecule has 0 radical (unpaired) electrons. The Bertz CT molecular complexity index is 369. The standard InChI is InChI=1S/C22H40Si/c1-4-5-6-7-8-9-10-11-12-13-14-18-21-23(2,3)22-19-16-15-17-20-22/h15-17,19-20H,4-14,18,21H2,1-3H3. The molecule has 0 atom stereocenters. The smallest absolute Gasteiger partial charge is 0.0654 e. The van der Waals surface area contributed by atoms with Crippen LogP contribution in [0.1, 0.15) is 84.0 Å². The second kappa shape index (κ2) is 12.8. The molecule has 0 amide bonds. The Hall–Kier alpha value is -0.563. The van der Waals surface area contributed by atoms with Crippen LogP contribution in [0.4, 0.5) is 0 Å². The molecule has 1 aromatic rings. The topological polar surface area (TPSA) is 0 Å². The van der Waals surface area contributed by atoms with E-state index in [-0.39, 0.29) is 0 Å². The van der Waals surface area contributed by atoms with Gasteiger partial charge < -0.3 is 0 Å². The molecule has 1 rings (SSSR count). The quantitative estimate of drug-likeness (QED) is 0.247. The first kappa shape index (κ1) is 20.5. The molecule has 1 heteroatoms. The Kier molecular flexibility index (Phi) is 11.4. The van der Waals surface area contributed by atoms with Crippen LogP contribution in [0, 0.1) is 0 Å². The molecule has 0 aliphatic heterocycles. The SMILES string of the molecule is CCCCCCCCCCCCCC[Si](C)(C)c1ccccc1. The molecule has 0 nitrogen and oxygen atoms in total. The van der Waals surface area contributed by atoms with Crippen LogP contribution in [0.25, 0.3) is 0 Å². The van der Waals surface area contributed by atoms with Crippen molar-refractivity contribution in [2.24, 2.45) is 0 Å². The zero-order valence-electron chi connectivity index (χ0n) is 16.1. The summed E-state index contributed by atoms with van der Waals surface area (Å²) in [5.74, 6) is 0. The van der Waals surface area contributed by atoms with Gasteiger partial charge in [0.15, 0.2) is 0 Å². The lowest BCUT2D eigenvalue weighted by Crippen LogP contribution is -2.40. The summed E-state index contributed by atoms with van der Waals surface area (Å²) in [5.41, 5.74) is 0.